The van der Waals surface area contributed by atoms with Crippen molar-refractivity contribution < 1.29 is 13.2 Å². The second-order valence-electron chi connectivity index (χ2n) is 9.31. The summed E-state index contributed by atoms with van der Waals surface area (Å²) in [7, 11) is -1.86. The van der Waals surface area contributed by atoms with E-state index in [2.05, 4.69) is 22.5 Å². The molecule has 1 aromatic carbocycles. The zero-order chi connectivity index (χ0) is 24.0. The average Bonchev–Trinajstić information content (AvgIpc) is 3.55. The minimum atomic E-state index is -3.65. The summed E-state index contributed by atoms with van der Waals surface area (Å²) in [6, 6.07) is 8.08. The number of benzene rings is 1. The number of imidazole rings is 2. The van der Waals surface area contributed by atoms with Gasteiger partial charge in [0, 0.05) is 45.3 Å². The lowest BCUT2D eigenvalue weighted by Crippen LogP contribution is -2.44. The van der Waals surface area contributed by atoms with Gasteiger partial charge in [-0.25, -0.2) is 18.4 Å². The number of fused-ring (bicyclic) bond motifs is 1. The number of piperidine rings is 1. The summed E-state index contributed by atoms with van der Waals surface area (Å²) in [6.45, 7) is 6.08. The molecule has 0 radical (unpaired) electrons. The number of carbonyl (C=O) groups excluding carboxylic acids is 1. The fourth-order valence-corrected chi connectivity index (χ4v) is 6.84. The maximum atomic E-state index is 13.6. The minimum absolute atomic E-state index is 0.0295. The van der Waals surface area contributed by atoms with E-state index in [-0.39, 0.29) is 22.9 Å². The molecule has 1 amide bonds. The van der Waals surface area contributed by atoms with Gasteiger partial charge in [-0.15, -0.1) is 0 Å². The minimum Gasteiger partial charge on any atom is -0.337 e. The third kappa shape index (κ3) is 3.82. The van der Waals surface area contributed by atoms with E-state index >= 15 is 0 Å². The highest BCUT2D eigenvalue weighted by Crippen LogP contribution is 2.36. The molecular formula is C24H32N6O3S. The molecule has 182 valence electrons. The molecule has 5 rings (SSSR count). The topological polar surface area (TPSA) is 93.3 Å². The molecule has 0 spiro atoms. The first-order valence-corrected chi connectivity index (χ1v) is 13.5. The van der Waals surface area contributed by atoms with Crippen LogP contribution in [-0.4, -0.2) is 62.3 Å². The molecule has 1 atom stereocenters. The first kappa shape index (κ1) is 23.0. The molecule has 34 heavy (non-hydrogen) atoms. The molecule has 2 fully saturated rings. The number of amides is 1. The van der Waals surface area contributed by atoms with Gasteiger partial charge in [0.25, 0.3) is 10.0 Å². The zero-order valence-electron chi connectivity index (χ0n) is 20.0. The molecule has 2 aliphatic rings. The van der Waals surface area contributed by atoms with Crippen molar-refractivity contribution in [2.24, 2.45) is 13.0 Å². The predicted molar refractivity (Wildman–Crippen MR) is 129 cm³/mol. The van der Waals surface area contributed by atoms with Gasteiger partial charge in [0.2, 0.25) is 5.91 Å². The lowest BCUT2D eigenvalue weighted by molar-refractivity contribution is -0.137. The third-order valence-electron chi connectivity index (χ3n) is 7.33. The highest BCUT2D eigenvalue weighted by atomic mass is 32.2. The van der Waals surface area contributed by atoms with Crippen molar-refractivity contribution in [3.05, 3.63) is 42.1 Å². The highest BCUT2D eigenvalue weighted by Gasteiger charge is 2.39. The zero-order valence-corrected chi connectivity index (χ0v) is 20.8. The maximum Gasteiger partial charge on any atom is 0.262 e. The molecule has 0 N–H and O–H groups in total. The number of hydrogen-bond donors (Lipinski definition) is 0. The number of para-hydroxylation sites is 2. The molecule has 2 aromatic heterocycles. The molecule has 0 aliphatic carbocycles. The smallest absolute Gasteiger partial charge is 0.262 e. The van der Waals surface area contributed by atoms with Crippen LogP contribution in [0.4, 0.5) is 0 Å². The van der Waals surface area contributed by atoms with Gasteiger partial charge in [0.1, 0.15) is 11.6 Å². The SMILES string of the molecule is CCn1c(C2CCCN2C(=O)C2CCN(S(=O)(=O)c3cn(C)c(C)n3)CC2)nc2ccccc21. The first-order chi connectivity index (χ1) is 16.3. The summed E-state index contributed by atoms with van der Waals surface area (Å²) < 4.78 is 31.4. The molecule has 0 bridgehead atoms. The Morgan fingerprint density at radius 3 is 2.50 bits per heavy atom. The van der Waals surface area contributed by atoms with E-state index in [1.165, 1.54) is 4.31 Å². The number of rotatable bonds is 5. The van der Waals surface area contributed by atoms with Crippen LogP contribution in [0.2, 0.25) is 0 Å². The predicted octanol–water partition coefficient (Wildman–Crippen LogP) is 2.86. The van der Waals surface area contributed by atoms with Crippen LogP contribution in [-0.2, 0) is 28.4 Å². The summed E-state index contributed by atoms with van der Waals surface area (Å²) >= 11 is 0. The van der Waals surface area contributed by atoms with Crippen LogP contribution in [0.5, 0.6) is 0 Å². The maximum absolute atomic E-state index is 13.6. The van der Waals surface area contributed by atoms with Gasteiger partial charge in [-0.1, -0.05) is 12.1 Å². The van der Waals surface area contributed by atoms with Crippen molar-refractivity contribution in [2.45, 2.75) is 57.1 Å². The number of sulfonamides is 1. The number of aromatic nitrogens is 4. The summed E-state index contributed by atoms with van der Waals surface area (Å²) in [6.07, 6.45) is 4.46. The molecular weight excluding hydrogens is 452 g/mol. The summed E-state index contributed by atoms with van der Waals surface area (Å²) in [4.78, 5) is 24.7. The van der Waals surface area contributed by atoms with Crippen LogP contribution in [0.15, 0.2) is 35.5 Å². The monoisotopic (exact) mass is 484 g/mol. The molecule has 9 nitrogen and oxygen atoms in total. The summed E-state index contributed by atoms with van der Waals surface area (Å²) in [5, 5.41) is 0.0790. The summed E-state index contributed by atoms with van der Waals surface area (Å²) in [5.74, 6) is 1.57. The Labute approximate surface area is 200 Å². The molecule has 2 aliphatic heterocycles. The van der Waals surface area contributed by atoms with Crippen molar-refractivity contribution in [1.29, 1.82) is 0 Å². The van der Waals surface area contributed by atoms with Crippen molar-refractivity contribution >= 4 is 27.0 Å². The van der Waals surface area contributed by atoms with Crippen LogP contribution >= 0.6 is 0 Å². The standard InChI is InChI=1S/C24H32N6O3S/c1-4-29-20-9-6-5-8-19(20)26-23(29)21-10-7-13-30(21)24(31)18-11-14-28(15-12-18)34(32,33)22-16-27(3)17(2)25-22/h5-6,8-9,16,18,21H,4,7,10-15H2,1-3H3. The molecule has 10 heteroatoms. The quantitative estimate of drug-likeness (QED) is 0.555. The van der Waals surface area contributed by atoms with E-state index in [1.54, 1.807) is 24.7 Å². The highest BCUT2D eigenvalue weighted by molar-refractivity contribution is 7.89. The largest absolute Gasteiger partial charge is 0.337 e. The van der Waals surface area contributed by atoms with Crippen LogP contribution in [0.25, 0.3) is 11.0 Å². The Balaban J connectivity index is 1.31. The van der Waals surface area contributed by atoms with Crippen molar-refractivity contribution in [3.8, 4) is 0 Å². The normalized spacial score (nSPS) is 20.4. The number of likely N-dealkylation sites (tertiary alicyclic amines) is 1. The lowest BCUT2D eigenvalue weighted by Gasteiger charge is -2.34. The average molecular weight is 485 g/mol. The van der Waals surface area contributed by atoms with Gasteiger partial charge >= 0.3 is 0 Å². The number of nitrogens with zero attached hydrogens (tertiary/aromatic N) is 6. The lowest BCUT2D eigenvalue weighted by atomic mass is 9.96. The third-order valence-corrected chi connectivity index (χ3v) is 9.10. The molecule has 3 aromatic rings. The molecule has 0 saturated carbocycles. The Hall–Kier alpha value is -2.72. The van der Waals surface area contributed by atoms with Gasteiger partial charge < -0.3 is 14.0 Å². The van der Waals surface area contributed by atoms with Gasteiger partial charge in [-0.2, -0.15) is 4.31 Å². The van der Waals surface area contributed by atoms with Gasteiger partial charge in [-0.3, -0.25) is 4.79 Å². The first-order valence-electron chi connectivity index (χ1n) is 12.1. The van der Waals surface area contributed by atoms with Gasteiger partial charge in [0.15, 0.2) is 5.03 Å². The fraction of sp³-hybridized carbons (Fsp3) is 0.542. The van der Waals surface area contributed by atoms with E-state index < -0.39 is 10.0 Å². The van der Waals surface area contributed by atoms with E-state index in [9.17, 15) is 13.2 Å². The van der Waals surface area contributed by atoms with Gasteiger partial charge in [-0.05, 0) is 51.7 Å². The van der Waals surface area contributed by atoms with Crippen LogP contribution < -0.4 is 0 Å². The number of aryl methyl sites for hydroxylation is 3. The second kappa shape index (κ2) is 8.81. The Morgan fingerprint density at radius 2 is 1.82 bits per heavy atom. The Morgan fingerprint density at radius 1 is 1.09 bits per heavy atom. The Bertz CT molecular complexity index is 1300. The van der Waals surface area contributed by atoms with E-state index in [0.29, 0.717) is 31.8 Å². The van der Waals surface area contributed by atoms with Crippen molar-refractivity contribution in [3.63, 3.8) is 0 Å². The fourth-order valence-electron chi connectivity index (χ4n) is 5.34. The van der Waals surface area contributed by atoms with Crippen LogP contribution in [0, 0.1) is 12.8 Å². The second-order valence-corrected chi connectivity index (χ2v) is 11.2. The van der Waals surface area contributed by atoms with E-state index in [4.69, 9.17) is 4.98 Å². The van der Waals surface area contributed by atoms with Crippen LogP contribution in [0.1, 0.15) is 50.3 Å². The van der Waals surface area contributed by atoms with E-state index in [0.717, 1.165) is 42.8 Å². The van der Waals surface area contributed by atoms with Crippen molar-refractivity contribution in [1.82, 2.24) is 28.3 Å². The summed E-state index contributed by atoms with van der Waals surface area (Å²) in [5.41, 5.74) is 2.06. The molecule has 1 unspecified atom stereocenters. The number of hydrogen-bond acceptors (Lipinski definition) is 5. The van der Waals surface area contributed by atoms with Gasteiger partial charge in [0.05, 0.1) is 17.1 Å². The number of carbonyl (C=O) groups is 1. The van der Waals surface area contributed by atoms with Crippen molar-refractivity contribution in [2.75, 3.05) is 19.6 Å². The Kier molecular flexibility index (Phi) is 5.97. The molecule has 2 saturated heterocycles. The van der Waals surface area contributed by atoms with E-state index in [1.807, 2.05) is 23.1 Å². The van der Waals surface area contributed by atoms with Crippen LogP contribution in [0.3, 0.4) is 0 Å². The molecule has 4 heterocycles.